The van der Waals surface area contributed by atoms with Crippen molar-refractivity contribution in [3.05, 3.63) is 63.7 Å². The van der Waals surface area contributed by atoms with Crippen LogP contribution in [0.4, 0.5) is 8.78 Å². The number of carbonyl (C=O) groups is 2. The summed E-state index contributed by atoms with van der Waals surface area (Å²) in [6.45, 7) is 8.26. The number of carbonyl (C=O) groups excluding carboxylic acids is 2. The Hall–Kier alpha value is -2.75. The van der Waals surface area contributed by atoms with E-state index in [1.807, 2.05) is 30.9 Å². The number of ether oxygens (including phenoxy) is 2. The van der Waals surface area contributed by atoms with E-state index in [2.05, 4.69) is 10.2 Å². The van der Waals surface area contributed by atoms with Gasteiger partial charge in [-0.1, -0.05) is 17.7 Å². The van der Waals surface area contributed by atoms with Gasteiger partial charge in [-0.15, -0.1) is 0 Å². The summed E-state index contributed by atoms with van der Waals surface area (Å²) in [4.78, 5) is 28.8. The molecular weight excluding hydrogens is 528 g/mol. The molecule has 7 nitrogen and oxygen atoms in total. The highest BCUT2D eigenvalue weighted by molar-refractivity contribution is 6.32. The Labute approximate surface area is 233 Å². The molecule has 2 heterocycles. The molecule has 39 heavy (non-hydrogen) atoms. The summed E-state index contributed by atoms with van der Waals surface area (Å²) in [7, 11) is 0. The fourth-order valence-electron chi connectivity index (χ4n) is 5.35. The number of likely N-dealkylation sites (tertiary alicyclic amines) is 1. The third-order valence-electron chi connectivity index (χ3n) is 7.36. The van der Waals surface area contributed by atoms with Crippen molar-refractivity contribution in [1.29, 1.82) is 0 Å². The van der Waals surface area contributed by atoms with Crippen LogP contribution in [0.1, 0.15) is 42.9 Å². The molecule has 212 valence electrons. The Morgan fingerprint density at radius 1 is 1.10 bits per heavy atom. The summed E-state index contributed by atoms with van der Waals surface area (Å²) in [6.07, 6.45) is 1.50. The van der Waals surface area contributed by atoms with Crippen molar-refractivity contribution in [3.63, 3.8) is 0 Å². The molecule has 4 rings (SSSR count). The quantitative estimate of drug-likeness (QED) is 0.515. The first kappa shape index (κ1) is 29.2. The first-order valence-electron chi connectivity index (χ1n) is 13.3. The van der Waals surface area contributed by atoms with Gasteiger partial charge in [0.2, 0.25) is 11.8 Å². The molecule has 2 aliphatic rings. The SMILES string of the molecule is CC(=O)NC1CCN(C(=O)C[C@]2(COc3cc(C)c(Cl)c(C)c3)CN(Cc3ccc(F)c(F)c3)CCO2)CC1. The van der Waals surface area contributed by atoms with Gasteiger partial charge in [0.25, 0.3) is 0 Å². The number of benzene rings is 2. The van der Waals surface area contributed by atoms with E-state index in [1.165, 1.54) is 13.0 Å². The smallest absolute Gasteiger partial charge is 0.225 e. The van der Waals surface area contributed by atoms with Crippen LogP contribution in [-0.4, -0.2) is 72.6 Å². The van der Waals surface area contributed by atoms with E-state index in [-0.39, 0.29) is 30.9 Å². The Balaban J connectivity index is 1.49. The first-order chi connectivity index (χ1) is 18.5. The molecule has 0 spiro atoms. The van der Waals surface area contributed by atoms with E-state index in [0.717, 1.165) is 17.2 Å². The molecule has 0 bridgehead atoms. The maximum atomic E-state index is 13.8. The van der Waals surface area contributed by atoms with Gasteiger partial charge in [0.15, 0.2) is 11.6 Å². The summed E-state index contributed by atoms with van der Waals surface area (Å²) in [5.74, 6) is -1.25. The van der Waals surface area contributed by atoms with Crippen molar-refractivity contribution in [2.45, 2.75) is 58.2 Å². The molecule has 0 unspecified atom stereocenters. The highest BCUT2D eigenvalue weighted by atomic mass is 35.5. The number of morpholine rings is 1. The standard InChI is InChI=1S/C29H36ClF2N3O4/c1-19-12-24(13-20(2)28(19)30)38-18-29(15-27(37)35-8-6-23(7-9-35)33-21(3)36)17-34(10-11-39-29)16-22-4-5-25(31)26(32)14-22/h4-5,12-14,23H,6-11,15-18H2,1-3H3,(H,33,36)/t29-/m1/s1. The van der Waals surface area contributed by atoms with Crippen molar-refractivity contribution in [1.82, 2.24) is 15.1 Å². The van der Waals surface area contributed by atoms with Gasteiger partial charge in [0, 0.05) is 50.7 Å². The van der Waals surface area contributed by atoms with Crippen LogP contribution in [-0.2, 0) is 20.9 Å². The molecule has 0 aliphatic carbocycles. The average molecular weight is 564 g/mol. The molecule has 1 N–H and O–H groups in total. The molecule has 0 aromatic heterocycles. The molecule has 2 amide bonds. The zero-order valence-electron chi connectivity index (χ0n) is 22.7. The summed E-state index contributed by atoms with van der Waals surface area (Å²) < 4.78 is 39.8. The number of nitrogens with zero attached hydrogens (tertiary/aromatic N) is 2. The predicted molar refractivity (Wildman–Crippen MR) is 145 cm³/mol. The van der Waals surface area contributed by atoms with Crippen molar-refractivity contribution in [3.8, 4) is 5.75 Å². The van der Waals surface area contributed by atoms with E-state index in [0.29, 0.717) is 68.5 Å². The Morgan fingerprint density at radius 2 is 1.79 bits per heavy atom. The van der Waals surface area contributed by atoms with Crippen LogP contribution in [0.2, 0.25) is 5.02 Å². The topological polar surface area (TPSA) is 71.1 Å². The van der Waals surface area contributed by atoms with Crippen LogP contribution < -0.4 is 10.1 Å². The molecule has 0 saturated carbocycles. The summed E-state index contributed by atoms with van der Waals surface area (Å²) in [6, 6.07) is 7.68. The second-order valence-electron chi connectivity index (χ2n) is 10.7. The van der Waals surface area contributed by atoms with Crippen molar-refractivity contribution < 1.29 is 27.8 Å². The fraction of sp³-hybridized carbons (Fsp3) is 0.517. The van der Waals surface area contributed by atoms with Gasteiger partial charge in [0.1, 0.15) is 18.0 Å². The lowest BCUT2D eigenvalue weighted by molar-refractivity contribution is -0.157. The van der Waals surface area contributed by atoms with Crippen LogP contribution in [0, 0.1) is 25.5 Å². The second kappa shape index (κ2) is 12.6. The van der Waals surface area contributed by atoms with Gasteiger partial charge in [0.05, 0.1) is 13.0 Å². The van der Waals surface area contributed by atoms with Gasteiger partial charge in [-0.25, -0.2) is 8.78 Å². The number of piperidine rings is 1. The normalized spacial score (nSPS) is 20.6. The van der Waals surface area contributed by atoms with Gasteiger partial charge < -0.3 is 19.7 Å². The van der Waals surface area contributed by atoms with Crippen molar-refractivity contribution in [2.24, 2.45) is 0 Å². The molecule has 2 fully saturated rings. The number of rotatable bonds is 8. The number of nitrogens with one attached hydrogen (secondary N) is 1. The Bertz CT molecular complexity index is 1180. The summed E-state index contributed by atoms with van der Waals surface area (Å²) in [5.41, 5.74) is 1.48. The number of hydrogen-bond acceptors (Lipinski definition) is 5. The average Bonchev–Trinajstić information content (AvgIpc) is 2.88. The molecule has 2 saturated heterocycles. The van der Waals surface area contributed by atoms with Gasteiger partial charge in [-0.05, 0) is 67.6 Å². The van der Waals surface area contributed by atoms with E-state index >= 15 is 0 Å². The molecule has 2 aromatic carbocycles. The Morgan fingerprint density at radius 3 is 2.44 bits per heavy atom. The predicted octanol–water partition coefficient (Wildman–Crippen LogP) is 4.40. The largest absolute Gasteiger partial charge is 0.490 e. The minimum Gasteiger partial charge on any atom is -0.490 e. The first-order valence-corrected chi connectivity index (χ1v) is 13.7. The van der Waals surface area contributed by atoms with E-state index in [9.17, 15) is 18.4 Å². The number of hydrogen-bond donors (Lipinski definition) is 1. The van der Waals surface area contributed by atoms with Crippen LogP contribution >= 0.6 is 11.6 Å². The maximum absolute atomic E-state index is 13.8. The lowest BCUT2D eigenvalue weighted by Crippen LogP contribution is -2.57. The van der Waals surface area contributed by atoms with Crippen LogP contribution in [0.3, 0.4) is 0 Å². The van der Waals surface area contributed by atoms with Crippen LogP contribution in [0.5, 0.6) is 5.75 Å². The van der Waals surface area contributed by atoms with E-state index in [1.54, 1.807) is 6.07 Å². The molecule has 0 radical (unpaired) electrons. The van der Waals surface area contributed by atoms with Crippen molar-refractivity contribution in [2.75, 3.05) is 39.4 Å². The minimum atomic E-state index is -0.941. The highest BCUT2D eigenvalue weighted by Gasteiger charge is 2.41. The van der Waals surface area contributed by atoms with Gasteiger partial charge in [-0.2, -0.15) is 0 Å². The van der Waals surface area contributed by atoms with Gasteiger partial charge >= 0.3 is 0 Å². The van der Waals surface area contributed by atoms with Crippen LogP contribution in [0.15, 0.2) is 30.3 Å². The summed E-state index contributed by atoms with van der Waals surface area (Å²) in [5, 5.41) is 3.61. The third kappa shape index (κ3) is 7.68. The Kier molecular flexibility index (Phi) is 9.46. The van der Waals surface area contributed by atoms with Gasteiger partial charge in [-0.3, -0.25) is 14.5 Å². The van der Waals surface area contributed by atoms with E-state index in [4.69, 9.17) is 21.1 Å². The molecule has 2 aromatic rings. The highest BCUT2D eigenvalue weighted by Crippen LogP contribution is 2.30. The zero-order chi connectivity index (χ0) is 28.2. The third-order valence-corrected chi connectivity index (χ3v) is 7.95. The van der Waals surface area contributed by atoms with Crippen LogP contribution in [0.25, 0.3) is 0 Å². The summed E-state index contributed by atoms with van der Waals surface area (Å²) >= 11 is 6.33. The molecule has 10 heteroatoms. The number of aryl methyl sites for hydroxylation is 2. The maximum Gasteiger partial charge on any atom is 0.225 e. The molecule has 2 aliphatic heterocycles. The van der Waals surface area contributed by atoms with Crippen molar-refractivity contribution >= 4 is 23.4 Å². The zero-order valence-corrected chi connectivity index (χ0v) is 23.5. The fourth-order valence-corrected chi connectivity index (χ4v) is 5.46. The minimum absolute atomic E-state index is 0.0435. The lowest BCUT2D eigenvalue weighted by Gasteiger charge is -2.43. The van der Waals surface area contributed by atoms with E-state index < -0.39 is 17.2 Å². The molecule has 1 atom stereocenters. The lowest BCUT2D eigenvalue weighted by atomic mass is 9.95. The number of amides is 2. The molecular formula is C29H36ClF2N3O4. The second-order valence-corrected chi connectivity index (χ2v) is 11.1. The monoisotopic (exact) mass is 563 g/mol. The number of halogens is 3.